The molecule has 0 amide bonds. The summed E-state index contributed by atoms with van der Waals surface area (Å²) < 4.78 is 2.15. The van der Waals surface area contributed by atoms with Crippen molar-refractivity contribution in [3.05, 3.63) is 36.3 Å². The summed E-state index contributed by atoms with van der Waals surface area (Å²) in [7, 11) is 0. The average Bonchev–Trinajstić information content (AvgIpc) is 2.48. The van der Waals surface area contributed by atoms with Gasteiger partial charge in [-0.1, -0.05) is 13.8 Å². The minimum absolute atomic E-state index is 0.693. The van der Waals surface area contributed by atoms with Crippen LogP contribution >= 0.6 is 0 Å². The van der Waals surface area contributed by atoms with E-state index in [2.05, 4.69) is 41.6 Å². The summed E-state index contributed by atoms with van der Waals surface area (Å²) >= 11 is 0. The molecule has 0 atom stereocenters. The Kier molecular flexibility index (Phi) is 2.05. The van der Waals surface area contributed by atoms with E-state index in [9.17, 15) is 0 Å². The highest BCUT2D eigenvalue weighted by Crippen LogP contribution is 2.11. The zero-order valence-corrected chi connectivity index (χ0v) is 8.07. The highest BCUT2D eigenvalue weighted by molar-refractivity contribution is 5.41. The lowest BCUT2D eigenvalue weighted by Crippen LogP contribution is -1.98. The van der Waals surface area contributed by atoms with Crippen LogP contribution in [0.25, 0.3) is 5.65 Å². The fraction of sp³-hybridized carbons (Fsp3) is 0.364. The van der Waals surface area contributed by atoms with Crippen molar-refractivity contribution in [1.29, 1.82) is 0 Å². The monoisotopic (exact) mass is 174 g/mol. The number of nitrogens with zero attached hydrogens (tertiary/aromatic N) is 2. The van der Waals surface area contributed by atoms with E-state index >= 15 is 0 Å². The van der Waals surface area contributed by atoms with Gasteiger partial charge in [-0.3, -0.25) is 0 Å². The molecule has 0 spiro atoms. The van der Waals surface area contributed by atoms with Gasteiger partial charge in [0.25, 0.3) is 0 Å². The third kappa shape index (κ3) is 1.57. The third-order valence-corrected chi connectivity index (χ3v) is 2.13. The fourth-order valence-electron chi connectivity index (χ4n) is 1.58. The van der Waals surface area contributed by atoms with Gasteiger partial charge in [-0.25, -0.2) is 4.98 Å². The molecule has 0 radical (unpaired) electrons. The van der Waals surface area contributed by atoms with Crippen molar-refractivity contribution in [3.63, 3.8) is 0 Å². The molecule has 0 aliphatic rings. The average molecular weight is 174 g/mol. The van der Waals surface area contributed by atoms with Gasteiger partial charge < -0.3 is 4.40 Å². The second-order valence-corrected chi connectivity index (χ2v) is 3.77. The highest BCUT2D eigenvalue weighted by atomic mass is 15.0. The number of rotatable bonds is 2. The summed E-state index contributed by atoms with van der Waals surface area (Å²) in [5.74, 6) is 0.693. The topological polar surface area (TPSA) is 17.3 Å². The Morgan fingerprint density at radius 1 is 1.38 bits per heavy atom. The minimum atomic E-state index is 0.693. The molecule has 0 saturated heterocycles. The molecule has 0 aromatic carbocycles. The first-order valence-electron chi connectivity index (χ1n) is 4.68. The summed E-state index contributed by atoms with van der Waals surface area (Å²) in [4.78, 5) is 4.27. The summed E-state index contributed by atoms with van der Waals surface area (Å²) in [5, 5.41) is 0. The smallest absolute Gasteiger partial charge is 0.136 e. The number of hydrogen-bond donors (Lipinski definition) is 0. The lowest BCUT2D eigenvalue weighted by molar-refractivity contribution is 0.631. The Balaban J connectivity index is 2.46. The molecule has 0 fully saturated rings. The van der Waals surface area contributed by atoms with Crippen LogP contribution in [0, 0.1) is 5.92 Å². The molecule has 0 unspecified atom stereocenters. The van der Waals surface area contributed by atoms with Gasteiger partial charge in [-0.05, 0) is 30.5 Å². The van der Waals surface area contributed by atoms with E-state index in [1.165, 1.54) is 5.69 Å². The van der Waals surface area contributed by atoms with E-state index < -0.39 is 0 Å². The molecule has 13 heavy (non-hydrogen) atoms. The minimum Gasteiger partial charge on any atom is -0.306 e. The molecule has 0 bridgehead atoms. The van der Waals surface area contributed by atoms with Gasteiger partial charge in [0, 0.05) is 18.1 Å². The predicted molar refractivity (Wildman–Crippen MR) is 53.7 cm³/mol. The van der Waals surface area contributed by atoms with Crippen molar-refractivity contribution < 1.29 is 0 Å². The van der Waals surface area contributed by atoms with Crippen molar-refractivity contribution in [1.82, 2.24) is 9.38 Å². The van der Waals surface area contributed by atoms with Crippen molar-refractivity contribution in [2.45, 2.75) is 20.3 Å². The van der Waals surface area contributed by atoms with Crippen LogP contribution in [0.3, 0.4) is 0 Å². The molecule has 0 N–H and O–H groups in total. The Morgan fingerprint density at radius 2 is 2.23 bits per heavy atom. The molecular formula is C11H14N2. The van der Waals surface area contributed by atoms with Gasteiger partial charge in [-0.15, -0.1) is 0 Å². The van der Waals surface area contributed by atoms with Gasteiger partial charge in [-0.2, -0.15) is 0 Å². The van der Waals surface area contributed by atoms with Crippen LogP contribution in [-0.2, 0) is 6.42 Å². The van der Waals surface area contributed by atoms with E-state index in [1.807, 2.05) is 12.3 Å². The van der Waals surface area contributed by atoms with E-state index in [0.29, 0.717) is 5.92 Å². The summed E-state index contributed by atoms with van der Waals surface area (Å²) in [5.41, 5.74) is 2.39. The van der Waals surface area contributed by atoms with E-state index in [0.717, 1.165) is 12.1 Å². The van der Waals surface area contributed by atoms with Gasteiger partial charge in [0.15, 0.2) is 0 Å². The first kappa shape index (κ1) is 8.30. The van der Waals surface area contributed by atoms with Crippen molar-refractivity contribution in [2.75, 3.05) is 0 Å². The molecule has 2 heterocycles. The second kappa shape index (κ2) is 3.21. The first-order valence-corrected chi connectivity index (χ1v) is 4.68. The van der Waals surface area contributed by atoms with Crippen molar-refractivity contribution >= 4 is 5.65 Å². The van der Waals surface area contributed by atoms with Gasteiger partial charge in [0.1, 0.15) is 5.65 Å². The molecule has 2 heteroatoms. The summed E-state index contributed by atoms with van der Waals surface area (Å²) in [6.07, 6.45) is 5.01. The highest BCUT2D eigenvalue weighted by Gasteiger charge is 2.03. The Labute approximate surface area is 78.2 Å². The maximum Gasteiger partial charge on any atom is 0.136 e. The van der Waals surface area contributed by atoms with Crippen LogP contribution in [0.15, 0.2) is 30.6 Å². The standard InChI is InChI=1S/C11H14N2/c1-9(2)8-10-4-5-11-12-6-3-7-13(10)11/h3-7,9H,8H2,1-2H3. The lowest BCUT2D eigenvalue weighted by atomic mass is 10.1. The first-order chi connectivity index (χ1) is 6.27. The molecule has 2 aromatic rings. The normalized spacial score (nSPS) is 11.3. The van der Waals surface area contributed by atoms with Crippen molar-refractivity contribution in [3.8, 4) is 0 Å². The molecule has 0 saturated carbocycles. The predicted octanol–water partition coefficient (Wildman–Crippen LogP) is 2.53. The van der Waals surface area contributed by atoms with Crippen LogP contribution in [0.2, 0.25) is 0 Å². The van der Waals surface area contributed by atoms with Gasteiger partial charge >= 0.3 is 0 Å². The molecule has 0 aliphatic heterocycles. The molecule has 2 nitrogen and oxygen atoms in total. The zero-order chi connectivity index (χ0) is 9.26. The summed E-state index contributed by atoms with van der Waals surface area (Å²) in [6.45, 7) is 4.46. The fourth-order valence-corrected chi connectivity index (χ4v) is 1.58. The maximum atomic E-state index is 4.27. The largest absolute Gasteiger partial charge is 0.306 e. The Hall–Kier alpha value is -1.31. The Bertz CT molecular complexity index is 401. The number of fused-ring (bicyclic) bond motifs is 1. The van der Waals surface area contributed by atoms with E-state index in [1.54, 1.807) is 0 Å². The number of hydrogen-bond acceptors (Lipinski definition) is 1. The molecule has 2 aromatic heterocycles. The van der Waals surface area contributed by atoms with Crippen LogP contribution in [0.5, 0.6) is 0 Å². The SMILES string of the molecule is CC(C)Cc1ccc2ncccn12. The quantitative estimate of drug-likeness (QED) is 0.684. The zero-order valence-electron chi connectivity index (χ0n) is 8.07. The molecular weight excluding hydrogens is 160 g/mol. The van der Waals surface area contributed by atoms with Gasteiger partial charge in [0.05, 0.1) is 0 Å². The number of aromatic nitrogens is 2. The van der Waals surface area contributed by atoms with Crippen LogP contribution in [0.1, 0.15) is 19.5 Å². The molecule has 68 valence electrons. The Morgan fingerprint density at radius 3 is 3.00 bits per heavy atom. The molecule has 2 rings (SSSR count). The second-order valence-electron chi connectivity index (χ2n) is 3.77. The third-order valence-electron chi connectivity index (χ3n) is 2.13. The van der Waals surface area contributed by atoms with Crippen molar-refractivity contribution in [2.24, 2.45) is 5.92 Å². The van der Waals surface area contributed by atoms with Crippen LogP contribution in [0.4, 0.5) is 0 Å². The maximum absolute atomic E-state index is 4.27. The molecule has 0 aliphatic carbocycles. The summed E-state index contributed by atoms with van der Waals surface area (Å²) in [6, 6.07) is 6.19. The van der Waals surface area contributed by atoms with E-state index in [-0.39, 0.29) is 0 Å². The lowest BCUT2D eigenvalue weighted by Gasteiger charge is -2.04. The van der Waals surface area contributed by atoms with E-state index in [4.69, 9.17) is 0 Å². The van der Waals surface area contributed by atoms with Crippen LogP contribution < -0.4 is 0 Å². The van der Waals surface area contributed by atoms with Crippen LogP contribution in [-0.4, -0.2) is 9.38 Å². The van der Waals surface area contributed by atoms with Gasteiger partial charge in [0.2, 0.25) is 0 Å².